The number of anilines is 1. The third kappa shape index (κ3) is 4.94. The maximum Gasteiger partial charge on any atom is 0.191 e. The molecule has 0 amide bonds. The molecule has 0 radical (unpaired) electrons. The lowest BCUT2D eigenvalue weighted by molar-refractivity contribution is 0.414. The summed E-state index contributed by atoms with van der Waals surface area (Å²) in [6.45, 7) is 2.81. The second-order valence-corrected chi connectivity index (χ2v) is 6.46. The first-order valence-corrected chi connectivity index (χ1v) is 9.17. The van der Waals surface area contributed by atoms with Crippen molar-refractivity contribution < 1.29 is 9.15 Å². The maximum atomic E-state index is 5.36. The van der Waals surface area contributed by atoms with Crippen LogP contribution in [-0.4, -0.2) is 45.8 Å². The van der Waals surface area contributed by atoms with Gasteiger partial charge in [0.1, 0.15) is 11.5 Å². The number of methoxy groups -OCH3 is 1. The van der Waals surface area contributed by atoms with Crippen LogP contribution in [0.4, 0.5) is 5.69 Å². The van der Waals surface area contributed by atoms with Gasteiger partial charge in [0.15, 0.2) is 5.96 Å². The third-order valence-corrected chi connectivity index (χ3v) is 4.65. The minimum Gasteiger partial charge on any atom is -0.497 e. The van der Waals surface area contributed by atoms with E-state index in [9.17, 15) is 0 Å². The average Bonchev–Trinajstić information content (AvgIpc) is 3.21. The topological polar surface area (TPSA) is 62.0 Å². The molecule has 0 spiro atoms. The molecule has 1 aliphatic heterocycles. The van der Waals surface area contributed by atoms with E-state index in [4.69, 9.17) is 9.15 Å². The summed E-state index contributed by atoms with van der Waals surface area (Å²) < 4.78 is 10.7. The molecule has 6 nitrogen and oxygen atoms in total. The molecule has 1 saturated heterocycles. The van der Waals surface area contributed by atoms with E-state index in [0.29, 0.717) is 6.04 Å². The predicted molar refractivity (Wildman–Crippen MR) is 105 cm³/mol. The molecule has 0 bridgehead atoms. The number of aliphatic imine (C=N–C) groups is 1. The molecule has 1 unspecified atom stereocenters. The van der Waals surface area contributed by atoms with Crippen molar-refractivity contribution in [3.8, 4) is 5.75 Å². The van der Waals surface area contributed by atoms with E-state index in [-0.39, 0.29) is 0 Å². The molecule has 2 N–H and O–H groups in total. The molecule has 1 fully saturated rings. The van der Waals surface area contributed by atoms with Crippen LogP contribution in [-0.2, 0) is 6.42 Å². The van der Waals surface area contributed by atoms with Crippen molar-refractivity contribution in [3.05, 3.63) is 48.4 Å². The van der Waals surface area contributed by atoms with E-state index in [1.54, 1.807) is 13.4 Å². The van der Waals surface area contributed by atoms with Gasteiger partial charge in [-0.25, -0.2) is 0 Å². The van der Waals surface area contributed by atoms with E-state index < -0.39 is 0 Å². The van der Waals surface area contributed by atoms with Crippen molar-refractivity contribution in [1.29, 1.82) is 0 Å². The van der Waals surface area contributed by atoms with Crippen molar-refractivity contribution in [2.45, 2.75) is 25.3 Å². The number of nitrogens with zero attached hydrogens (tertiary/aromatic N) is 2. The normalized spacial score (nSPS) is 17.8. The summed E-state index contributed by atoms with van der Waals surface area (Å²) in [6, 6.07) is 12.5. The summed E-state index contributed by atoms with van der Waals surface area (Å²) in [5.74, 6) is 2.72. The monoisotopic (exact) mass is 356 g/mol. The number of nitrogens with one attached hydrogen (secondary N) is 2. The summed E-state index contributed by atoms with van der Waals surface area (Å²) in [4.78, 5) is 6.75. The SMILES string of the molecule is CN=C(NCCc1ccco1)NC1CCCN(c2cccc(OC)c2)C1. The minimum absolute atomic E-state index is 0.366. The lowest BCUT2D eigenvalue weighted by atomic mass is 10.0. The lowest BCUT2D eigenvalue weighted by Crippen LogP contribution is -2.51. The van der Waals surface area contributed by atoms with Crippen LogP contribution in [0.1, 0.15) is 18.6 Å². The first-order chi connectivity index (χ1) is 12.8. The summed E-state index contributed by atoms with van der Waals surface area (Å²) in [5.41, 5.74) is 1.21. The molecule has 3 rings (SSSR count). The quantitative estimate of drug-likeness (QED) is 0.615. The molecule has 140 valence electrons. The van der Waals surface area contributed by atoms with Gasteiger partial charge >= 0.3 is 0 Å². The molecule has 1 atom stereocenters. The van der Waals surface area contributed by atoms with Crippen molar-refractivity contribution in [2.24, 2.45) is 4.99 Å². The van der Waals surface area contributed by atoms with Crippen LogP contribution >= 0.6 is 0 Å². The Morgan fingerprint density at radius 2 is 2.27 bits per heavy atom. The van der Waals surface area contributed by atoms with Gasteiger partial charge in [-0.1, -0.05) is 6.07 Å². The Kier molecular flexibility index (Phi) is 6.41. The molecule has 1 aliphatic rings. The number of hydrogen-bond donors (Lipinski definition) is 2. The second kappa shape index (κ2) is 9.17. The van der Waals surface area contributed by atoms with Gasteiger partial charge in [0.25, 0.3) is 0 Å². The van der Waals surface area contributed by atoms with Crippen LogP contribution in [0.2, 0.25) is 0 Å². The van der Waals surface area contributed by atoms with Crippen LogP contribution in [0, 0.1) is 0 Å². The highest BCUT2D eigenvalue weighted by atomic mass is 16.5. The predicted octanol–water partition coefficient (Wildman–Crippen LogP) is 2.66. The molecule has 1 aromatic heterocycles. The molecule has 0 aliphatic carbocycles. The van der Waals surface area contributed by atoms with Gasteiger partial charge in [-0.05, 0) is 37.1 Å². The number of hydrogen-bond acceptors (Lipinski definition) is 4. The van der Waals surface area contributed by atoms with Crippen LogP contribution in [0.15, 0.2) is 52.1 Å². The van der Waals surface area contributed by atoms with Crippen molar-refractivity contribution >= 4 is 11.6 Å². The fourth-order valence-electron chi connectivity index (χ4n) is 3.28. The Morgan fingerprint density at radius 3 is 3.04 bits per heavy atom. The highest BCUT2D eigenvalue weighted by Gasteiger charge is 2.21. The first kappa shape index (κ1) is 18.2. The number of guanidine groups is 1. The second-order valence-electron chi connectivity index (χ2n) is 6.46. The molecule has 0 saturated carbocycles. The zero-order valence-electron chi connectivity index (χ0n) is 15.6. The fourth-order valence-corrected chi connectivity index (χ4v) is 3.28. The van der Waals surface area contributed by atoms with E-state index in [2.05, 4.69) is 32.7 Å². The van der Waals surface area contributed by atoms with Crippen LogP contribution < -0.4 is 20.3 Å². The van der Waals surface area contributed by atoms with E-state index in [0.717, 1.165) is 56.4 Å². The first-order valence-electron chi connectivity index (χ1n) is 9.17. The third-order valence-electron chi connectivity index (χ3n) is 4.65. The Hall–Kier alpha value is -2.63. The standard InChI is InChI=1S/C20H28N4O2/c1-21-20(22-11-10-18-9-5-13-26-18)23-16-6-4-12-24(15-16)17-7-3-8-19(14-17)25-2/h3,5,7-9,13-14,16H,4,6,10-12,15H2,1-2H3,(H2,21,22,23). The smallest absolute Gasteiger partial charge is 0.191 e. The Labute approximate surface area is 155 Å². The molecular formula is C20H28N4O2. The van der Waals surface area contributed by atoms with E-state index >= 15 is 0 Å². The van der Waals surface area contributed by atoms with Crippen molar-refractivity contribution in [1.82, 2.24) is 10.6 Å². The summed E-state index contributed by atoms with van der Waals surface area (Å²) in [5, 5.41) is 6.92. The Morgan fingerprint density at radius 1 is 1.35 bits per heavy atom. The Balaban J connectivity index is 1.51. The van der Waals surface area contributed by atoms with Gasteiger partial charge < -0.3 is 24.7 Å². The van der Waals surface area contributed by atoms with Crippen LogP contribution in [0.25, 0.3) is 0 Å². The average molecular weight is 356 g/mol. The zero-order chi connectivity index (χ0) is 18.2. The van der Waals surface area contributed by atoms with Gasteiger partial charge in [0, 0.05) is 50.9 Å². The molecule has 1 aromatic carbocycles. The van der Waals surface area contributed by atoms with Crippen LogP contribution in [0.3, 0.4) is 0 Å². The Bertz CT molecular complexity index is 700. The lowest BCUT2D eigenvalue weighted by Gasteiger charge is -2.35. The van der Waals surface area contributed by atoms with Gasteiger partial charge in [-0.3, -0.25) is 4.99 Å². The number of furan rings is 1. The zero-order valence-corrected chi connectivity index (χ0v) is 15.6. The summed E-state index contributed by atoms with van der Waals surface area (Å²) in [7, 11) is 3.52. The molecular weight excluding hydrogens is 328 g/mol. The van der Waals surface area contributed by atoms with Gasteiger partial charge in [0.05, 0.1) is 13.4 Å². The molecule has 2 heterocycles. The summed E-state index contributed by atoms with van der Waals surface area (Å²) >= 11 is 0. The molecule has 26 heavy (non-hydrogen) atoms. The highest BCUT2D eigenvalue weighted by molar-refractivity contribution is 5.80. The van der Waals surface area contributed by atoms with Crippen molar-refractivity contribution in [2.75, 3.05) is 38.7 Å². The largest absolute Gasteiger partial charge is 0.497 e. The fraction of sp³-hybridized carbons (Fsp3) is 0.450. The van der Waals surface area contributed by atoms with E-state index in [1.165, 1.54) is 5.69 Å². The van der Waals surface area contributed by atoms with Gasteiger partial charge in [-0.2, -0.15) is 0 Å². The number of piperidine rings is 1. The summed E-state index contributed by atoms with van der Waals surface area (Å²) in [6.07, 6.45) is 4.84. The number of ether oxygens (including phenoxy) is 1. The van der Waals surface area contributed by atoms with Crippen molar-refractivity contribution in [3.63, 3.8) is 0 Å². The highest BCUT2D eigenvalue weighted by Crippen LogP contribution is 2.24. The van der Waals surface area contributed by atoms with Gasteiger partial charge in [-0.15, -0.1) is 0 Å². The van der Waals surface area contributed by atoms with Gasteiger partial charge in [0.2, 0.25) is 0 Å². The van der Waals surface area contributed by atoms with Crippen LogP contribution in [0.5, 0.6) is 5.75 Å². The molecule has 2 aromatic rings. The molecule has 6 heteroatoms. The maximum absolute atomic E-state index is 5.36. The number of rotatable bonds is 6. The minimum atomic E-state index is 0.366. The van der Waals surface area contributed by atoms with E-state index in [1.807, 2.05) is 31.3 Å². The number of benzene rings is 1.